The van der Waals surface area contributed by atoms with Crippen molar-refractivity contribution >= 4 is 5.78 Å². The van der Waals surface area contributed by atoms with Crippen LogP contribution in [0.5, 0.6) is 0 Å². The maximum Gasteiger partial charge on any atom is 0.155 e. The minimum atomic E-state index is -0.353. The fourth-order valence-corrected chi connectivity index (χ4v) is 2.31. The van der Waals surface area contributed by atoms with Crippen molar-refractivity contribution in [2.75, 3.05) is 20.3 Å². The summed E-state index contributed by atoms with van der Waals surface area (Å²) < 4.78 is 16.5. The minimum Gasteiger partial charge on any atom is -0.382 e. The fraction of sp³-hybridized carbons (Fsp3) is 0.650. The number of hydrogen-bond donors (Lipinski definition) is 0. The van der Waals surface area contributed by atoms with Gasteiger partial charge < -0.3 is 14.2 Å². The summed E-state index contributed by atoms with van der Waals surface area (Å²) >= 11 is 0. The molecule has 0 radical (unpaired) electrons. The standard InChI is InChI=1S/C20H32O4/c1-16(23-14-13-22-5)24-18(15-19(21)20(2,3)4)12-11-17-9-7-6-8-10-17/h6-10,16,18H,11-15H2,1-5H3. The molecule has 0 heterocycles. The first-order valence-corrected chi connectivity index (χ1v) is 8.66. The van der Waals surface area contributed by atoms with Gasteiger partial charge in [0.1, 0.15) is 5.78 Å². The zero-order valence-corrected chi connectivity index (χ0v) is 15.7. The first-order valence-electron chi connectivity index (χ1n) is 8.66. The Hall–Kier alpha value is -1.23. The largest absolute Gasteiger partial charge is 0.382 e. The van der Waals surface area contributed by atoms with Gasteiger partial charge >= 0.3 is 0 Å². The first kappa shape index (κ1) is 20.8. The van der Waals surface area contributed by atoms with E-state index in [9.17, 15) is 4.79 Å². The predicted molar refractivity (Wildman–Crippen MR) is 96.0 cm³/mol. The lowest BCUT2D eigenvalue weighted by Crippen LogP contribution is -2.30. The smallest absolute Gasteiger partial charge is 0.155 e. The van der Waals surface area contributed by atoms with Crippen molar-refractivity contribution in [2.24, 2.45) is 5.41 Å². The molecular weight excluding hydrogens is 304 g/mol. The Morgan fingerprint density at radius 2 is 1.79 bits per heavy atom. The molecule has 0 amide bonds. The topological polar surface area (TPSA) is 44.8 Å². The quantitative estimate of drug-likeness (QED) is 0.452. The van der Waals surface area contributed by atoms with Crippen LogP contribution in [-0.4, -0.2) is 38.5 Å². The van der Waals surface area contributed by atoms with E-state index in [1.54, 1.807) is 7.11 Å². The van der Waals surface area contributed by atoms with Crippen molar-refractivity contribution < 1.29 is 19.0 Å². The van der Waals surface area contributed by atoms with E-state index in [1.807, 2.05) is 45.9 Å². The highest BCUT2D eigenvalue weighted by molar-refractivity contribution is 5.84. The predicted octanol–water partition coefficient (Wildman–Crippen LogP) is 4.02. The van der Waals surface area contributed by atoms with E-state index >= 15 is 0 Å². The third-order valence-electron chi connectivity index (χ3n) is 3.87. The van der Waals surface area contributed by atoms with Gasteiger partial charge in [0.15, 0.2) is 6.29 Å². The summed E-state index contributed by atoms with van der Waals surface area (Å²) in [6.07, 6.45) is 1.59. The lowest BCUT2D eigenvalue weighted by atomic mass is 9.86. The van der Waals surface area contributed by atoms with Gasteiger partial charge in [-0.3, -0.25) is 4.79 Å². The summed E-state index contributed by atoms with van der Waals surface area (Å²) in [5.41, 5.74) is 0.899. The number of carbonyl (C=O) groups is 1. The van der Waals surface area contributed by atoms with Crippen molar-refractivity contribution in [1.82, 2.24) is 0 Å². The molecule has 2 atom stereocenters. The summed E-state index contributed by atoms with van der Waals surface area (Å²) in [4.78, 5) is 12.4. The SMILES string of the molecule is COCCOC(C)OC(CCc1ccccc1)CC(=O)C(C)(C)C. The van der Waals surface area contributed by atoms with E-state index in [2.05, 4.69) is 12.1 Å². The maximum atomic E-state index is 12.4. The van der Waals surface area contributed by atoms with Gasteiger partial charge in [0.2, 0.25) is 0 Å². The van der Waals surface area contributed by atoms with Gasteiger partial charge in [-0.25, -0.2) is 0 Å². The summed E-state index contributed by atoms with van der Waals surface area (Å²) in [6, 6.07) is 10.3. The first-order chi connectivity index (χ1) is 11.3. The van der Waals surface area contributed by atoms with Gasteiger partial charge in [0.05, 0.1) is 19.3 Å². The molecule has 1 aromatic rings. The molecule has 136 valence electrons. The number of methoxy groups -OCH3 is 1. The van der Waals surface area contributed by atoms with E-state index in [4.69, 9.17) is 14.2 Å². The van der Waals surface area contributed by atoms with Crippen LogP contribution in [0.1, 0.15) is 46.1 Å². The molecule has 1 aromatic carbocycles. The number of benzene rings is 1. The van der Waals surface area contributed by atoms with Gasteiger partial charge in [-0.2, -0.15) is 0 Å². The lowest BCUT2D eigenvalue weighted by molar-refractivity contribution is -0.171. The van der Waals surface area contributed by atoms with Gasteiger partial charge in [0, 0.05) is 18.9 Å². The Balaban J connectivity index is 2.59. The highest BCUT2D eigenvalue weighted by Crippen LogP contribution is 2.21. The average molecular weight is 336 g/mol. The van der Waals surface area contributed by atoms with E-state index in [-0.39, 0.29) is 23.6 Å². The van der Waals surface area contributed by atoms with Crippen LogP contribution in [0.3, 0.4) is 0 Å². The van der Waals surface area contributed by atoms with E-state index in [0.717, 1.165) is 12.8 Å². The molecule has 24 heavy (non-hydrogen) atoms. The molecule has 0 fully saturated rings. The van der Waals surface area contributed by atoms with Crippen LogP contribution < -0.4 is 0 Å². The second-order valence-electron chi connectivity index (χ2n) is 7.09. The second-order valence-corrected chi connectivity index (χ2v) is 7.09. The van der Waals surface area contributed by atoms with E-state index in [1.165, 1.54) is 5.56 Å². The molecule has 4 heteroatoms. The molecule has 4 nitrogen and oxygen atoms in total. The Labute approximate surface area is 146 Å². The zero-order chi connectivity index (χ0) is 18.0. The van der Waals surface area contributed by atoms with Crippen molar-refractivity contribution in [3.8, 4) is 0 Å². The Morgan fingerprint density at radius 3 is 2.38 bits per heavy atom. The van der Waals surface area contributed by atoms with Crippen LogP contribution in [-0.2, 0) is 25.4 Å². The van der Waals surface area contributed by atoms with E-state index in [0.29, 0.717) is 19.6 Å². The molecule has 0 saturated heterocycles. The van der Waals surface area contributed by atoms with Crippen LogP contribution in [0.15, 0.2) is 30.3 Å². The molecule has 0 spiro atoms. The van der Waals surface area contributed by atoms with Gasteiger partial charge in [0.25, 0.3) is 0 Å². The van der Waals surface area contributed by atoms with Gasteiger partial charge in [-0.05, 0) is 25.3 Å². The molecule has 2 unspecified atom stereocenters. The summed E-state index contributed by atoms with van der Waals surface area (Å²) in [5.74, 6) is 0.213. The Morgan fingerprint density at radius 1 is 1.12 bits per heavy atom. The number of ketones is 1. The summed E-state index contributed by atoms with van der Waals surface area (Å²) in [7, 11) is 1.64. The number of aryl methyl sites for hydroxylation is 1. The monoisotopic (exact) mass is 336 g/mol. The molecule has 0 N–H and O–H groups in total. The lowest BCUT2D eigenvalue weighted by Gasteiger charge is -2.25. The number of rotatable bonds is 11. The molecule has 0 saturated carbocycles. The van der Waals surface area contributed by atoms with Crippen molar-refractivity contribution in [1.29, 1.82) is 0 Å². The van der Waals surface area contributed by atoms with Crippen LogP contribution >= 0.6 is 0 Å². The Bertz CT molecular complexity index is 464. The number of hydrogen-bond acceptors (Lipinski definition) is 4. The zero-order valence-electron chi connectivity index (χ0n) is 15.7. The number of carbonyl (C=O) groups excluding carboxylic acids is 1. The molecule has 0 aromatic heterocycles. The van der Waals surface area contributed by atoms with Crippen molar-refractivity contribution in [2.45, 2.75) is 59.4 Å². The van der Waals surface area contributed by atoms with E-state index < -0.39 is 0 Å². The highest BCUT2D eigenvalue weighted by atomic mass is 16.7. The van der Waals surface area contributed by atoms with Gasteiger partial charge in [-0.1, -0.05) is 51.1 Å². The van der Waals surface area contributed by atoms with Crippen LogP contribution in [0.2, 0.25) is 0 Å². The molecule has 1 rings (SSSR count). The van der Waals surface area contributed by atoms with Crippen LogP contribution in [0.25, 0.3) is 0 Å². The normalized spacial score (nSPS) is 14.4. The second kappa shape index (κ2) is 10.6. The number of Topliss-reactive ketones (excluding diaryl/α,β-unsaturated/α-hetero) is 1. The average Bonchev–Trinajstić information content (AvgIpc) is 2.53. The third kappa shape index (κ3) is 8.57. The fourth-order valence-electron chi connectivity index (χ4n) is 2.31. The summed E-state index contributed by atoms with van der Waals surface area (Å²) in [5, 5.41) is 0. The Kier molecular flexibility index (Phi) is 9.19. The summed E-state index contributed by atoms with van der Waals surface area (Å²) in [6.45, 7) is 8.72. The van der Waals surface area contributed by atoms with Gasteiger partial charge in [-0.15, -0.1) is 0 Å². The molecule has 0 bridgehead atoms. The van der Waals surface area contributed by atoms with Crippen molar-refractivity contribution in [3.05, 3.63) is 35.9 Å². The van der Waals surface area contributed by atoms with Crippen LogP contribution in [0, 0.1) is 5.41 Å². The molecule has 0 aliphatic heterocycles. The molecule has 0 aliphatic rings. The highest BCUT2D eigenvalue weighted by Gasteiger charge is 2.26. The third-order valence-corrected chi connectivity index (χ3v) is 3.87. The molecule has 0 aliphatic carbocycles. The minimum absolute atomic E-state index is 0.144. The van der Waals surface area contributed by atoms with Crippen LogP contribution in [0.4, 0.5) is 0 Å². The van der Waals surface area contributed by atoms with Crippen molar-refractivity contribution in [3.63, 3.8) is 0 Å². The number of ether oxygens (including phenoxy) is 3. The molecular formula is C20H32O4. The maximum absolute atomic E-state index is 12.4.